The molecule has 2 nitrogen and oxygen atoms in total. The van der Waals surface area contributed by atoms with Gasteiger partial charge in [0.25, 0.3) is 0 Å². The summed E-state index contributed by atoms with van der Waals surface area (Å²) >= 11 is 3.60. The van der Waals surface area contributed by atoms with E-state index in [0.717, 1.165) is 10.5 Å². The molecule has 0 spiro atoms. The molecule has 3 aromatic rings. The largest absolute Gasteiger partial charge is 0.241 e. The van der Waals surface area contributed by atoms with Crippen molar-refractivity contribution < 1.29 is 4.57 Å². The molecule has 0 saturated carbocycles. The molecule has 15 heavy (non-hydrogen) atoms. The standard InChI is InChI=1S/C11H11N2S2/c1-6-12-8-4-11-9(5-10(8)14-6)13(3)7(2)15-11/h4-5H,1-3H3/q+1. The maximum atomic E-state index is 4.52. The van der Waals surface area contributed by atoms with Crippen LogP contribution in [0.25, 0.3) is 20.4 Å². The summed E-state index contributed by atoms with van der Waals surface area (Å²) in [4.78, 5) is 4.52. The molecule has 2 heterocycles. The second kappa shape index (κ2) is 3.00. The highest BCUT2D eigenvalue weighted by molar-refractivity contribution is 7.19. The number of fused-ring (bicyclic) bond motifs is 2. The summed E-state index contributed by atoms with van der Waals surface area (Å²) in [5.74, 6) is 0. The Bertz CT molecular complexity index is 664. The zero-order valence-corrected chi connectivity index (χ0v) is 10.5. The van der Waals surface area contributed by atoms with Crippen LogP contribution in [0.2, 0.25) is 0 Å². The predicted octanol–water partition coefficient (Wildman–Crippen LogP) is 2.95. The fraction of sp³-hybridized carbons (Fsp3) is 0.273. The van der Waals surface area contributed by atoms with Gasteiger partial charge in [0.2, 0.25) is 10.5 Å². The fourth-order valence-electron chi connectivity index (χ4n) is 1.80. The van der Waals surface area contributed by atoms with Crippen molar-refractivity contribution in [3.8, 4) is 0 Å². The molecule has 0 aliphatic rings. The zero-order valence-electron chi connectivity index (χ0n) is 8.87. The van der Waals surface area contributed by atoms with Crippen molar-refractivity contribution >= 4 is 43.1 Å². The lowest BCUT2D eigenvalue weighted by molar-refractivity contribution is -0.646. The van der Waals surface area contributed by atoms with Crippen LogP contribution in [0.4, 0.5) is 0 Å². The van der Waals surface area contributed by atoms with Crippen molar-refractivity contribution in [2.24, 2.45) is 7.05 Å². The number of aromatic nitrogens is 2. The van der Waals surface area contributed by atoms with Crippen LogP contribution >= 0.6 is 22.7 Å². The number of hydrogen-bond donors (Lipinski definition) is 0. The van der Waals surface area contributed by atoms with E-state index in [-0.39, 0.29) is 0 Å². The maximum Gasteiger partial charge on any atom is 0.234 e. The summed E-state index contributed by atoms with van der Waals surface area (Å²) in [5.41, 5.74) is 2.44. The minimum atomic E-state index is 1.13. The van der Waals surface area contributed by atoms with Gasteiger partial charge in [-0.15, -0.1) is 11.3 Å². The van der Waals surface area contributed by atoms with Gasteiger partial charge in [0.1, 0.15) is 11.7 Å². The Morgan fingerprint density at radius 1 is 1.13 bits per heavy atom. The maximum absolute atomic E-state index is 4.52. The molecular weight excluding hydrogens is 224 g/mol. The van der Waals surface area contributed by atoms with Gasteiger partial charge in [-0.2, -0.15) is 4.57 Å². The van der Waals surface area contributed by atoms with E-state index in [1.54, 1.807) is 11.3 Å². The molecule has 0 unspecified atom stereocenters. The van der Waals surface area contributed by atoms with Crippen LogP contribution in [-0.2, 0) is 7.05 Å². The van der Waals surface area contributed by atoms with Crippen LogP contribution in [0.1, 0.15) is 10.0 Å². The number of aryl methyl sites for hydroxylation is 3. The Hall–Kier alpha value is -1.00. The molecule has 4 heteroatoms. The zero-order chi connectivity index (χ0) is 10.6. The molecule has 0 aliphatic heterocycles. The lowest BCUT2D eigenvalue weighted by atomic mass is 10.3. The van der Waals surface area contributed by atoms with E-state index in [4.69, 9.17) is 0 Å². The molecule has 0 saturated heterocycles. The minimum Gasteiger partial charge on any atom is -0.241 e. The van der Waals surface area contributed by atoms with E-state index in [1.165, 1.54) is 19.9 Å². The van der Waals surface area contributed by atoms with Crippen molar-refractivity contribution in [1.82, 2.24) is 4.98 Å². The molecule has 0 N–H and O–H groups in total. The molecule has 0 radical (unpaired) electrons. The fourth-order valence-corrected chi connectivity index (χ4v) is 3.67. The normalized spacial score (nSPS) is 11.7. The second-order valence-electron chi connectivity index (χ2n) is 3.70. The Balaban J connectivity index is 2.51. The van der Waals surface area contributed by atoms with Crippen LogP contribution < -0.4 is 4.57 Å². The number of thiazole rings is 2. The first kappa shape index (κ1) is 9.24. The van der Waals surface area contributed by atoms with E-state index < -0.39 is 0 Å². The average molecular weight is 235 g/mol. The van der Waals surface area contributed by atoms with Crippen molar-refractivity contribution in [3.05, 3.63) is 22.1 Å². The summed E-state index contributed by atoms with van der Waals surface area (Å²) < 4.78 is 4.86. The first-order valence-corrected chi connectivity index (χ1v) is 6.45. The van der Waals surface area contributed by atoms with Crippen LogP contribution in [0.5, 0.6) is 0 Å². The summed E-state index contributed by atoms with van der Waals surface area (Å²) in [5, 5.41) is 2.47. The lowest BCUT2D eigenvalue weighted by Crippen LogP contribution is -2.28. The number of nitrogens with zero attached hydrogens (tertiary/aromatic N) is 2. The van der Waals surface area contributed by atoms with Crippen molar-refractivity contribution in [3.63, 3.8) is 0 Å². The molecule has 0 bridgehead atoms. The first-order chi connectivity index (χ1) is 7.15. The highest BCUT2D eigenvalue weighted by Crippen LogP contribution is 2.28. The predicted molar refractivity (Wildman–Crippen MR) is 65.7 cm³/mol. The number of hydrogen-bond acceptors (Lipinski definition) is 3. The second-order valence-corrected chi connectivity index (χ2v) is 6.17. The quantitative estimate of drug-likeness (QED) is 0.547. The van der Waals surface area contributed by atoms with E-state index in [9.17, 15) is 0 Å². The first-order valence-electron chi connectivity index (χ1n) is 4.81. The SMILES string of the molecule is Cc1nc2cc3sc(C)[n+](C)c3cc2s1. The molecule has 0 atom stereocenters. The Morgan fingerprint density at radius 3 is 2.73 bits per heavy atom. The van der Waals surface area contributed by atoms with Gasteiger partial charge in [0.15, 0.2) is 0 Å². The van der Waals surface area contributed by atoms with Gasteiger partial charge in [-0.3, -0.25) is 0 Å². The summed E-state index contributed by atoms with van der Waals surface area (Å²) in [6.07, 6.45) is 0. The minimum absolute atomic E-state index is 1.13. The summed E-state index contributed by atoms with van der Waals surface area (Å²) in [7, 11) is 2.12. The van der Waals surface area contributed by atoms with Gasteiger partial charge in [0, 0.05) is 13.0 Å². The van der Waals surface area contributed by atoms with Gasteiger partial charge in [-0.25, -0.2) is 4.98 Å². The monoisotopic (exact) mass is 235 g/mol. The Labute approximate surface area is 95.8 Å². The highest BCUT2D eigenvalue weighted by Gasteiger charge is 2.15. The van der Waals surface area contributed by atoms with Crippen LogP contribution in [0.3, 0.4) is 0 Å². The molecular formula is C11H11N2S2+. The molecule has 1 aromatic carbocycles. The third-order valence-electron chi connectivity index (χ3n) is 2.67. The Morgan fingerprint density at radius 2 is 1.93 bits per heavy atom. The molecule has 3 rings (SSSR count). The topological polar surface area (TPSA) is 16.8 Å². The molecule has 0 fully saturated rings. The lowest BCUT2D eigenvalue weighted by Gasteiger charge is -1.87. The van der Waals surface area contributed by atoms with Crippen molar-refractivity contribution in [1.29, 1.82) is 0 Å². The van der Waals surface area contributed by atoms with Crippen molar-refractivity contribution in [2.75, 3.05) is 0 Å². The molecule has 76 valence electrons. The van der Waals surface area contributed by atoms with Gasteiger partial charge >= 0.3 is 0 Å². The van der Waals surface area contributed by atoms with Crippen LogP contribution in [0, 0.1) is 13.8 Å². The molecule has 2 aromatic heterocycles. The number of rotatable bonds is 0. The van der Waals surface area contributed by atoms with Crippen LogP contribution in [0.15, 0.2) is 12.1 Å². The van der Waals surface area contributed by atoms with E-state index in [1.807, 2.05) is 11.3 Å². The summed E-state index contributed by atoms with van der Waals surface area (Å²) in [6, 6.07) is 4.45. The Kier molecular flexibility index (Phi) is 1.85. The molecule has 0 amide bonds. The van der Waals surface area contributed by atoms with E-state index >= 15 is 0 Å². The van der Waals surface area contributed by atoms with Gasteiger partial charge in [-0.05, 0) is 13.0 Å². The highest BCUT2D eigenvalue weighted by atomic mass is 32.1. The van der Waals surface area contributed by atoms with Gasteiger partial charge in [-0.1, -0.05) is 11.3 Å². The smallest absolute Gasteiger partial charge is 0.234 e. The van der Waals surface area contributed by atoms with Gasteiger partial charge in [0.05, 0.1) is 15.2 Å². The molecule has 0 aliphatic carbocycles. The van der Waals surface area contributed by atoms with E-state index in [0.29, 0.717) is 0 Å². The summed E-state index contributed by atoms with van der Waals surface area (Å²) in [6.45, 7) is 4.21. The van der Waals surface area contributed by atoms with Gasteiger partial charge < -0.3 is 0 Å². The van der Waals surface area contributed by atoms with Crippen LogP contribution in [-0.4, -0.2) is 4.98 Å². The third kappa shape index (κ3) is 1.28. The van der Waals surface area contributed by atoms with E-state index in [2.05, 4.69) is 42.6 Å². The average Bonchev–Trinajstić information content (AvgIpc) is 2.65. The van der Waals surface area contributed by atoms with Crippen molar-refractivity contribution in [2.45, 2.75) is 13.8 Å². The number of benzene rings is 1. The third-order valence-corrected chi connectivity index (χ3v) is 4.72.